The largest absolute Gasteiger partial charge is 0.300 e. The Morgan fingerprint density at radius 2 is 1.67 bits per heavy atom. The summed E-state index contributed by atoms with van der Waals surface area (Å²) >= 11 is 0. The van der Waals surface area contributed by atoms with Gasteiger partial charge in [0.15, 0.2) is 0 Å². The van der Waals surface area contributed by atoms with E-state index in [1.807, 2.05) is 6.92 Å². The molecule has 0 aliphatic rings. The maximum absolute atomic E-state index is 9.39. The summed E-state index contributed by atoms with van der Waals surface area (Å²) < 4.78 is 0. The fourth-order valence-corrected chi connectivity index (χ4v) is 2.22. The molecule has 0 aromatic rings. The van der Waals surface area contributed by atoms with Gasteiger partial charge in [-0.3, -0.25) is 10.2 Å². The van der Waals surface area contributed by atoms with Crippen LogP contribution in [0.15, 0.2) is 0 Å². The Kier molecular flexibility index (Phi) is 8.22. The highest BCUT2D eigenvalue weighted by atomic mass is 15.2. The average Bonchev–Trinajstić information content (AvgIpc) is 2.24. The van der Waals surface area contributed by atoms with Crippen LogP contribution in [-0.4, -0.2) is 36.6 Å². The van der Waals surface area contributed by atoms with Crippen LogP contribution < -0.4 is 5.32 Å². The first-order valence-electron chi connectivity index (χ1n) is 7.21. The van der Waals surface area contributed by atoms with Crippen molar-refractivity contribution >= 4 is 0 Å². The maximum Gasteiger partial charge on any atom is 0.116 e. The zero-order valence-corrected chi connectivity index (χ0v) is 13.1. The molecule has 0 bridgehead atoms. The predicted molar refractivity (Wildman–Crippen MR) is 78.4 cm³/mol. The summed E-state index contributed by atoms with van der Waals surface area (Å²) in [6.07, 6.45) is 1.06. The van der Waals surface area contributed by atoms with Gasteiger partial charge in [0.25, 0.3) is 0 Å². The van der Waals surface area contributed by atoms with E-state index < -0.39 is 5.54 Å². The molecule has 0 heterocycles. The van der Waals surface area contributed by atoms with Gasteiger partial charge in [0.05, 0.1) is 6.07 Å². The van der Waals surface area contributed by atoms with Crippen LogP contribution in [0.3, 0.4) is 0 Å². The molecule has 0 saturated carbocycles. The fourth-order valence-electron chi connectivity index (χ4n) is 2.22. The normalized spacial score (nSPS) is 15.1. The van der Waals surface area contributed by atoms with E-state index in [1.54, 1.807) is 0 Å². The quantitative estimate of drug-likeness (QED) is 0.687. The van der Waals surface area contributed by atoms with Crippen LogP contribution in [0.25, 0.3) is 0 Å². The third kappa shape index (κ3) is 7.68. The summed E-state index contributed by atoms with van der Waals surface area (Å²) in [5.74, 6) is 1.27. The molecular formula is C15H31N3. The minimum Gasteiger partial charge on any atom is -0.300 e. The van der Waals surface area contributed by atoms with Crippen LogP contribution in [0.2, 0.25) is 0 Å². The average molecular weight is 253 g/mol. The minimum atomic E-state index is -0.431. The zero-order chi connectivity index (χ0) is 14.2. The highest BCUT2D eigenvalue weighted by molar-refractivity contribution is 5.05. The second kappa shape index (κ2) is 8.50. The Balaban J connectivity index is 4.55. The Labute approximate surface area is 114 Å². The topological polar surface area (TPSA) is 39.1 Å². The van der Waals surface area contributed by atoms with E-state index in [9.17, 15) is 5.26 Å². The zero-order valence-electron chi connectivity index (χ0n) is 13.1. The van der Waals surface area contributed by atoms with Crippen molar-refractivity contribution in [3.05, 3.63) is 0 Å². The summed E-state index contributed by atoms with van der Waals surface area (Å²) in [7, 11) is 0. The second-order valence-corrected chi connectivity index (χ2v) is 6.35. The van der Waals surface area contributed by atoms with Crippen LogP contribution in [0.1, 0.15) is 48.0 Å². The van der Waals surface area contributed by atoms with E-state index in [4.69, 9.17) is 0 Å². The van der Waals surface area contributed by atoms with Crippen LogP contribution in [0, 0.1) is 23.2 Å². The highest BCUT2D eigenvalue weighted by Gasteiger charge is 2.26. The third-order valence-corrected chi connectivity index (χ3v) is 2.80. The molecule has 1 N–H and O–H groups in total. The molecule has 0 aliphatic carbocycles. The molecule has 3 nitrogen and oxygen atoms in total. The van der Waals surface area contributed by atoms with E-state index in [2.05, 4.69) is 50.9 Å². The van der Waals surface area contributed by atoms with Crippen molar-refractivity contribution in [3.63, 3.8) is 0 Å². The SMILES string of the molecule is CCCNC(C)(C#N)CN(CC(C)C)CC(C)C. The highest BCUT2D eigenvalue weighted by Crippen LogP contribution is 2.10. The van der Waals surface area contributed by atoms with E-state index in [1.165, 1.54) is 0 Å². The van der Waals surface area contributed by atoms with E-state index in [0.717, 1.165) is 32.6 Å². The molecule has 0 aliphatic heterocycles. The van der Waals surface area contributed by atoms with E-state index in [0.29, 0.717) is 11.8 Å². The summed E-state index contributed by atoms with van der Waals surface area (Å²) in [5, 5.41) is 12.8. The second-order valence-electron chi connectivity index (χ2n) is 6.35. The molecular weight excluding hydrogens is 222 g/mol. The van der Waals surface area contributed by atoms with Crippen molar-refractivity contribution < 1.29 is 0 Å². The van der Waals surface area contributed by atoms with Crippen LogP contribution in [0.4, 0.5) is 0 Å². The number of nitrogens with one attached hydrogen (secondary N) is 1. The van der Waals surface area contributed by atoms with Gasteiger partial charge in [-0.2, -0.15) is 5.26 Å². The lowest BCUT2D eigenvalue weighted by atomic mass is 10.0. The first-order valence-corrected chi connectivity index (χ1v) is 7.21. The number of hydrogen-bond acceptors (Lipinski definition) is 3. The Morgan fingerprint density at radius 1 is 1.17 bits per heavy atom. The lowest BCUT2D eigenvalue weighted by Crippen LogP contribution is -2.52. The van der Waals surface area contributed by atoms with Gasteiger partial charge >= 0.3 is 0 Å². The molecule has 0 aromatic heterocycles. The molecule has 1 atom stereocenters. The summed E-state index contributed by atoms with van der Waals surface area (Å²) in [6, 6.07) is 2.44. The monoisotopic (exact) mass is 253 g/mol. The smallest absolute Gasteiger partial charge is 0.116 e. The first-order chi connectivity index (χ1) is 8.33. The molecule has 0 fully saturated rings. The fraction of sp³-hybridized carbons (Fsp3) is 0.933. The number of hydrogen-bond donors (Lipinski definition) is 1. The van der Waals surface area contributed by atoms with Gasteiger partial charge in [0.2, 0.25) is 0 Å². The predicted octanol–water partition coefficient (Wildman–Crippen LogP) is 2.88. The molecule has 0 radical (unpaired) electrons. The standard InChI is InChI=1S/C15H31N3/c1-7-8-17-15(6,11-16)12-18(9-13(2)3)10-14(4)5/h13-14,17H,7-10,12H2,1-6H3. The lowest BCUT2D eigenvalue weighted by molar-refractivity contribution is 0.181. The Hall–Kier alpha value is -0.590. The molecule has 3 heteroatoms. The first kappa shape index (κ1) is 17.4. The van der Waals surface area contributed by atoms with E-state index in [-0.39, 0.29) is 0 Å². The van der Waals surface area contributed by atoms with E-state index >= 15 is 0 Å². The molecule has 106 valence electrons. The van der Waals surface area contributed by atoms with Crippen LogP contribution in [0.5, 0.6) is 0 Å². The van der Waals surface area contributed by atoms with Crippen molar-refractivity contribution in [1.82, 2.24) is 10.2 Å². The van der Waals surface area contributed by atoms with Crippen LogP contribution >= 0.6 is 0 Å². The molecule has 0 saturated heterocycles. The van der Waals surface area contributed by atoms with Gasteiger partial charge in [0.1, 0.15) is 5.54 Å². The van der Waals surface area contributed by atoms with Crippen molar-refractivity contribution in [2.24, 2.45) is 11.8 Å². The molecule has 0 rings (SSSR count). The van der Waals surface area contributed by atoms with Gasteiger partial charge < -0.3 is 0 Å². The van der Waals surface area contributed by atoms with Crippen molar-refractivity contribution in [2.75, 3.05) is 26.2 Å². The number of nitriles is 1. The molecule has 1 unspecified atom stereocenters. The maximum atomic E-state index is 9.39. The third-order valence-electron chi connectivity index (χ3n) is 2.80. The molecule has 18 heavy (non-hydrogen) atoms. The summed E-state index contributed by atoms with van der Waals surface area (Å²) in [5.41, 5.74) is -0.431. The van der Waals surface area contributed by atoms with Gasteiger partial charge in [-0.1, -0.05) is 34.6 Å². The van der Waals surface area contributed by atoms with Crippen molar-refractivity contribution in [2.45, 2.75) is 53.5 Å². The van der Waals surface area contributed by atoms with Gasteiger partial charge in [-0.25, -0.2) is 0 Å². The Bertz CT molecular complexity index is 245. The van der Waals surface area contributed by atoms with Crippen LogP contribution in [-0.2, 0) is 0 Å². The summed E-state index contributed by atoms with van der Waals surface area (Å²) in [4.78, 5) is 2.42. The Morgan fingerprint density at radius 3 is 2.00 bits per heavy atom. The van der Waals surface area contributed by atoms with Gasteiger partial charge in [0, 0.05) is 19.6 Å². The molecule has 0 spiro atoms. The van der Waals surface area contributed by atoms with Gasteiger partial charge in [-0.05, 0) is 31.7 Å². The number of rotatable bonds is 9. The molecule has 0 aromatic carbocycles. The van der Waals surface area contributed by atoms with Crippen molar-refractivity contribution in [3.8, 4) is 6.07 Å². The van der Waals surface area contributed by atoms with Gasteiger partial charge in [-0.15, -0.1) is 0 Å². The summed E-state index contributed by atoms with van der Waals surface area (Å²) in [6.45, 7) is 16.9. The lowest BCUT2D eigenvalue weighted by Gasteiger charge is -2.33. The number of nitrogens with zero attached hydrogens (tertiary/aromatic N) is 2. The molecule has 0 amide bonds. The van der Waals surface area contributed by atoms with Crippen molar-refractivity contribution in [1.29, 1.82) is 5.26 Å². The minimum absolute atomic E-state index is 0.431.